The fourth-order valence-corrected chi connectivity index (χ4v) is 2.38. The topological polar surface area (TPSA) is 63.6 Å². The zero-order valence-corrected chi connectivity index (χ0v) is 11.7. The van der Waals surface area contributed by atoms with Crippen LogP contribution in [0.4, 0.5) is 4.39 Å². The van der Waals surface area contributed by atoms with Crippen LogP contribution < -0.4 is 5.56 Å². The zero-order valence-electron chi connectivity index (χ0n) is 10.9. The molecule has 0 saturated carbocycles. The standard InChI is InChI=1S/C14H11FN4OS/c15-10-3-1-2-9(8-10)4-7-19-13(20)11-12(18-14(19)21)17-6-5-16-11/h1-3,5-6,8H,4,7H2,(H,17,18,21). The summed E-state index contributed by atoms with van der Waals surface area (Å²) in [6.45, 7) is 0.351. The summed E-state index contributed by atoms with van der Waals surface area (Å²) in [6.07, 6.45) is 3.45. The monoisotopic (exact) mass is 302 g/mol. The van der Waals surface area contributed by atoms with Crippen molar-refractivity contribution in [2.75, 3.05) is 0 Å². The van der Waals surface area contributed by atoms with Gasteiger partial charge in [-0.1, -0.05) is 12.1 Å². The molecule has 0 aliphatic carbocycles. The Labute approximate surface area is 124 Å². The Morgan fingerprint density at radius 3 is 2.90 bits per heavy atom. The highest BCUT2D eigenvalue weighted by molar-refractivity contribution is 7.71. The smallest absolute Gasteiger partial charge is 0.282 e. The summed E-state index contributed by atoms with van der Waals surface area (Å²) in [6, 6.07) is 6.27. The van der Waals surface area contributed by atoms with Gasteiger partial charge in [-0.15, -0.1) is 0 Å². The van der Waals surface area contributed by atoms with Crippen LogP contribution in [0.15, 0.2) is 41.5 Å². The van der Waals surface area contributed by atoms with Crippen molar-refractivity contribution in [1.29, 1.82) is 0 Å². The number of aromatic nitrogens is 4. The minimum absolute atomic E-state index is 0.241. The van der Waals surface area contributed by atoms with Crippen LogP contribution in [0.3, 0.4) is 0 Å². The molecule has 0 spiro atoms. The Bertz CT molecular complexity index is 918. The highest BCUT2D eigenvalue weighted by Crippen LogP contribution is 2.06. The molecule has 0 saturated heterocycles. The van der Waals surface area contributed by atoms with Gasteiger partial charge < -0.3 is 4.98 Å². The second kappa shape index (κ2) is 5.53. The maximum absolute atomic E-state index is 13.1. The number of nitrogens with one attached hydrogen (secondary N) is 1. The minimum atomic E-state index is -0.297. The van der Waals surface area contributed by atoms with E-state index < -0.39 is 0 Å². The van der Waals surface area contributed by atoms with E-state index in [0.29, 0.717) is 18.6 Å². The molecule has 21 heavy (non-hydrogen) atoms. The van der Waals surface area contributed by atoms with Gasteiger partial charge in [0.1, 0.15) is 5.82 Å². The molecule has 0 radical (unpaired) electrons. The number of halogens is 1. The third-order valence-electron chi connectivity index (χ3n) is 3.13. The molecule has 0 aliphatic heterocycles. The Balaban J connectivity index is 1.97. The van der Waals surface area contributed by atoms with Gasteiger partial charge in [0, 0.05) is 18.9 Å². The maximum Gasteiger partial charge on any atom is 0.282 e. The van der Waals surface area contributed by atoms with Crippen LogP contribution in [0.2, 0.25) is 0 Å². The van der Waals surface area contributed by atoms with Gasteiger partial charge in [0.2, 0.25) is 0 Å². The normalized spacial score (nSPS) is 10.9. The van der Waals surface area contributed by atoms with Gasteiger partial charge in [-0.3, -0.25) is 9.36 Å². The quantitative estimate of drug-likeness (QED) is 0.754. The second-order valence-corrected chi connectivity index (χ2v) is 4.91. The van der Waals surface area contributed by atoms with Gasteiger partial charge in [-0.2, -0.15) is 0 Å². The molecule has 0 bridgehead atoms. The van der Waals surface area contributed by atoms with E-state index in [1.807, 2.05) is 6.07 Å². The molecule has 0 fully saturated rings. The van der Waals surface area contributed by atoms with Crippen molar-refractivity contribution >= 4 is 23.4 Å². The number of benzene rings is 1. The molecular weight excluding hydrogens is 291 g/mol. The summed E-state index contributed by atoms with van der Waals surface area (Å²) in [5.41, 5.74) is 1.12. The Morgan fingerprint density at radius 2 is 2.10 bits per heavy atom. The number of aromatic amines is 1. The van der Waals surface area contributed by atoms with Crippen molar-refractivity contribution in [3.05, 3.63) is 63.2 Å². The third kappa shape index (κ3) is 2.73. The predicted molar refractivity (Wildman–Crippen MR) is 79.1 cm³/mol. The first kappa shape index (κ1) is 13.6. The van der Waals surface area contributed by atoms with Crippen molar-refractivity contribution in [3.8, 4) is 0 Å². The van der Waals surface area contributed by atoms with E-state index in [1.165, 1.54) is 29.1 Å². The Morgan fingerprint density at radius 1 is 1.29 bits per heavy atom. The summed E-state index contributed by atoms with van der Waals surface area (Å²) in [4.78, 5) is 23.3. The Kier molecular flexibility index (Phi) is 3.57. The minimum Gasteiger partial charge on any atom is -0.315 e. The van der Waals surface area contributed by atoms with Crippen LogP contribution in [-0.4, -0.2) is 19.5 Å². The zero-order chi connectivity index (χ0) is 14.8. The lowest BCUT2D eigenvalue weighted by Gasteiger charge is -2.07. The predicted octanol–water partition coefficient (Wildman–Crippen LogP) is 2.23. The molecule has 3 aromatic rings. The fourth-order valence-electron chi connectivity index (χ4n) is 2.11. The molecule has 7 heteroatoms. The van der Waals surface area contributed by atoms with Crippen LogP contribution in [0.5, 0.6) is 0 Å². The number of hydrogen-bond donors (Lipinski definition) is 1. The number of fused-ring (bicyclic) bond motifs is 1. The van der Waals surface area contributed by atoms with E-state index in [1.54, 1.807) is 6.07 Å². The van der Waals surface area contributed by atoms with E-state index in [4.69, 9.17) is 12.2 Å². The molecule has 0 amide bonds. The lowest BCUT2D eigenvalue weighted by atomic mass is 10.1. The van der Waals surface area contributed by atoms with Gasteiger partial charge in [-0.25, -0.2) is 14.4 Å². The van der Waals surface area contributed by atoms with E-state index in [9.17, 15) is 9.18 Å². The van der Waals surface area contributed by atoms with E-state index in [-0.39, 0.29) is 21.7 Å². The van der Waals surface area contributed by atoms with Crippen LogP contribution in [0, 0.1) is 10.6 Å². The second-order valence-electron chi connectivity index (χ2n) is 4.52. The Hall–Kier alpha value is -2.41. The third-order valence-corrected chi connectivity index (χ3v) is 3.45. The van der Waals surface area contributed by atoms with Crippen LogP contribution in [0.1, 0.15) is 5.56 Å². The first-order valence-electron chi connectivity index (χ1n) is 6.33. The summed E-state index contributed by atoms with van der Waals surface area (Å²) in [5, 5.41) is 0. The average Bonchev–Trinajstić information content (AvgIpc) is 2.47. The number of aryl methyl sites for hydroxylation is 1. The van der Waals surface area contributed by atoms with E-state index in [0.717, 1.165) is 5.56 Å². The van der Waals surface area contributed by atoms with Gasteiger partial charge in [0.05, 0.1) is 0 Å². The summed E-state index contributed by atoms with van der Waals surface area (Å²) >= 11 is 5.17. The molecule has 2 heterocycles. The highest BCUT2D eigenvalue weighted by Gasteiger charge is 2.07. The van der Waals surface area contributed by atoms with E-state index >= 15 is 0 Å². The fraction of sp³-hybridized carbons (Fsp3) is 0.143. The lowest BCUT2D eigenvalue weighted by Crippen LogP contribution is -2.24. The number of hydrogen-bond acceptors (Lipinski definition) is 4. The first-order chi connectivity index (χ1) is 10.1. The summed E-state index contributed by atoms with van der Waals surface area (Å²) in [7, 11) is 0. The van der Waals surface area contributed by atoms with Crippen molar-refractivity contribution in [3.63, 3.8) is 0 Å². The van der Waals surface area contributed by atoms with Crippen molar-refractivity contribution in [2.45, 2.75) is 13.0 Å². The number of rotatable bonds is 3. The van der Waals surface area contributed by atoms with Gasteiger partial charge in [0.15, 0.2) is 15.9 Å². The summed E-state index contributed by atoms with van der Waals surface area (Å²) < 4.78 is 14.8. The van der Waals surface area contributed by atoms with Crippen molar-refractivity contribution in [2.24, 2.45) is 0 Å². The molecule has 0 aliphatic rings. The van der Waals surface area contributed by atoms with Gasteiger partial charge in [-0.05, 0) is 36.3 Å². The molecule has 2 aromatic heterocycles. The molecule has 3 rings (SSSR count). The van der Waals surface area contributed by atoms with Crippen LogP contribution in [0.25, 0.3) is 11.2 Å². The first-order valence-corrected chi connectivity index (χ1v) is 6.74. The molecule has 1 N–H and O–H groups in total. The largest absolute Gasteiger partial charge is 0.315 e. The number of H-pyrrole nitrogens is 1. The molecule has 0 atom stereocenters. The summed E-state index contributed by atoms with van der Waals surface area (Å²) in [5.74, 6) is -0.297. The highest BCUT2D eigenvalue weighted by atomic mass is 32.1. The maximum atomic E-state index is 13.1. The molecule has 106 valence electrons. The van der Waals surface area contributed by atoms with Crippen molar-refractivity contribution in [1.82, 2.24) is 19.5 Å². The van der Waals surface area contributed by atoms with E-state index in [2.05, 4.69) is 15.0 Å². The molecule has 5 nitrogen and oxygen atoms in total. The molecule has 1 aromatic carbocycles. The SMILES string of the molecule is O=c1c2nccnc2[nH]c(=S)n1CCc1cccc(F)c1. The number of nitrogens with zero attached hydrogens (tertiary/aromatic N) is 3. The lowest BCUT2D eigenvalue weighted by molar-refractivity contribution is 0.617. The average molecular weight is 302 g/mol. The van der Waals surface area contributed by atoms with Gasteiger partial charge in [0.25, 0.3) is 5.56 Å². The van der Waals surface area contributed by atoms with Crippen LogP contribution in [-0.2, 0) is 13.0 Å². The van der Waals surface area contributed by atoms with Crippen molar-refractivity contribution < 1.29 is 4.39 Å². The molecular formula is C14H11FN4OS. The van der Waals surface area contributed by atoms with Crippen LogP contribution >= 0.6 is 12.2 Å². The van der Waals surface area contributed by atoms with Gasteiger partial charge >= 0.3 is 0 Å². The molecule has 0 unspecified atom stereocenters.